The number of pyridine rings is 2. The Bertz CT molecular complexity index is 1860. The number of hydrogen-bond donors (Lipinski definition) is 2. The van der Waals surface area contributed by atoms with Gasteiger partial charge in [0.25, 0.3) is 5.56 Å². The Kier molecular flexibility index (Phi) is 14.1. The molecule has 0 spiro atoms. The summed E-state index contributed by atoms with van der Waals surface area (Å²) in [6.45, 7) is 8.52. The molecule has 0 saturated heterocycles. The summed E-state index contributed by atoms with van der Waals surface area (Å²) in [7, 11) is 8.87. The number of aromatic nitrogens is 2. The van der Waals surface area contributed by atoms with Crippen molar-refractivity contribution >= 4 is 34.0 Å². The van der Waals surface area contributed by atoms with Gasteiger partial charge in [0, 0.05) is 60.6 Å². The third-order valence-electron chi connectivity index (χ3n) is 8.71. The second-order valence-electron chi connectivity index (χ2n) is 12.8. The molecule has 1 amide bonds. The molecule has 0 fully saturated rings. The molecule has 2 aromatic heterocycles. The van der Waals surface area contributed by atoms with Gasteiger partial charge in [-0.05, 0) is 68.9 Å². The van der Waals surface area contributed by atoms with Crippen LogP contribution < -0.4 is 25.7 Å². The molecule has 0 saturated carbocycles. The predicted octanol–water partition coefficient (Wildman–Crippen LogP) is 5.69. The summed E-state index contributed by atoms with van der Waals surface area (Å²) in [5.74, 6) is 1.49. The van der Waals surface area contributed by atoms with Gasteiger partial charge in [-0.2, -0.15) is 0 Å². The fourth-order valence-corrected chi connectivity index (χ4v) is 5.68. The van der Waals surface area contributed by atoms with Crippen molar-refractivity contribution in [3.8, 4) is 22.6 Å². The van der Waals surface area contributed by atoms with Crippen molar-refractivity contribution in [3.05, 3.63) is 75.8 Å². The lowest BCUT2D eigenvalue weighted by atomic mass is 9.94. The van der Waals surface area contributed by atoms with Crippen LogP contribution >= 0.6 is 0 Å². The molecule has 0 bridgehead atoms. The maximum atomic E-state index is 13.2. The summed E-state index contributed by atoms with van der Waals surface area (Å²) < 4.78 is 24.2. The number of methoxy groups -OCH3 is 2. The lowest BCUT2D eigenvalue weighted by molar-refractivity contribution is -0.117. The van der Waals surface area contributed by atoms with Gasteiger partial charge in [-0.1, -0.05) is 19.9 Å². The van der Waals surface area contributed by atoms with E-state index in [9.17, 15) is 14.4 Å². The summed E-state index contributed by atoms with van der Waals surface area (Å²) in [6.07, 6.45) is 4.29. The number of nitrogens with zero attached hydrogens (tertiary/aromatic N) is 3. The molecule has 2 N–H and O–H groups in total. The quantitative estimate of drug-likeness (QED) is 0.0928. The van der Waals surface area contributed by atoms with E-state index in [1.165, 1.54) is 4.57 Å². The normalized spacial score (nSPS) is 11.9. The molecule has 12 nitrogen and oxygen atoms in total. The molecule has 12 heteroatoms. The van der Waals surface area contributed by atoms with Crippen LogP contribution in [0.4, 0.5) is 11.5 Å². The van der Waals surface area contributed by atoms with Crippen molar-refractivity contribution in [1.29, 1.82) is 0 Å². The first-order valence-electron chi connectivity index (χ1n) is 17.2. The number of nitrogens with one attached hydrogen (secondary N) is 2. The Morgan fingerprint density at radius 2 is 1.65 bits per heavy atom. The first-order chi connectivity index (χ1) is 24.5. The predicted molar refractivity (Wildman–Crippen MR) is 201 cm³/mol. The Morgan fingerprint density at radius 1 is 0.961 bits per heavy atom. The average Bonchev–Trinajstić information content (AvgIpc) is 3.12. The standard InChI is InChI=1S/C39H51N5O7/c1-9-25(2)38(46)29-20-28(11-10-26(29)3)40-13-15-51-17-16-50-14-12-37(45)42-36-21-30-31(22-41-36)32(24-44(6)39(30)47)27-18-34(48-7)33(23-43(4)5)35(19-27)49-8/h10-11,18-22,24-25,40H,9,12-17,23H2,1-8H3,(H,41,42,45). The van der Waals surface area contributed by atoms with Crippen LogP contribution in [-0.2, 0) is 27.9 Å². The summed E-state index contributed by atoms with van der Waals surface area (Å²) >= 11 is 0. The number of anilines is 2. The van der Waals surface area contributed by atoms with Crippen molar-refractivity contribution in [2.75, 3.05) is 71.9 Å². The fraction of sp³-hybridized carbons (Fsp3) is 0.436. The van der Waals surface area contributed by atoms with Crippen LogP contribution in [-0.4, -0.2) is 87.4 Å². The van der Waals surface area contributed by atoms with Gasteiger partial charge in [0.15, 0.2) is 5.78 Å². The molecule has 0 aliphatic carbocycles. The Morgan fingerprint density at radius 3 is 2.29 bits per heavy atom. The van der Waals surface area contributed by atoms with Crippen molar-refractivity contribution in [1.82, 2.24) is 14.5 Å². The van der Waals surface area contributed by atoms with E-state index in [4.69, 9.17) is 18.9 Å². The summed E-state index contributed by atoms with van der Waals surface area (Å²) in [6, 6.07) is 11.3. The lowest BCUT2D eigenvalue weighted by Gasteiger charge is -2.19. The number of carbonyl (C=O) groups is 2. The van der Waals surface area contributed by atoms with Crippen LogP contribution in [0.3, 0.4) is 0 Å². The highest BCUT2D eigenvalue weighted by atomic mass is 16.5. The van der Waals surface area contributed by atoms with Crippen molar-refractivity contribution in [2.45, 2.75) is 40.2 Å². The fourth-order valence-electron chi connectivity index (χ4n) is 5.68. The molecule has 1 unspecified atom stereocenters. The minimum atomic E-state index is -0.282. The van der Waals surface area contributed by atoms with Gasteiger partial charge < -0.3 is 39.0 Å². The van der Waals surface area contributed by atoms with E-state index < -0.39 is 0 Å². The highest BCUT2D eigenvalue weighted by Crippen LogP contribution is 2.37. The smallest absolute Gasteiger partial charge is 0.258 e. The monoisotopic (exact) mass is 701 g/mol. The Hall–Kier alpha value is -4.78. The van der Waals surface area contributed by atoms with Gasteiger partial charge in [-0.3, -0.25) is 14.4 Å². The van der Waals surface area contributed by atoms with E-state index in [1.54, 1.807) is 39.7 Å². The van der Waals surface area contributed by atoms with Crippen LogP contribution in [0, 0.1) is 12.8 Å². The largest absolute Gasteiger partial charge is 0.496 e. The van der Waals surface area contributed by atoms with E-state index in [0.717, 1.165) is 39.9 Å². The maximum Gasteiger partial charge on any atom is 0.258 e. The molecule has 0 radical (unpaired) electrons. The highest BCUT2D eigenvalue weighted by molar-refractivity contribution is 6.00. The number of rotatable bonds is 19. The van der Waals surface area contributed by atoms with E-state index >= 15 is 0 Å². The number of Topliss-reactive ketones (excluding diaryl/α,β-unsaturated/α-hetero) is 1. The van der Waals surface area contributed by atoms with Crippen LogP contribution in [0.15, 0.2) is 53.6 Å². The highest BCUT2D eigenvalue weighted by Gasteiger charge is 2.19. The van der Waals surface area contributed by atoms with Crippen LogP contribution in [0.25, 0.3) is 21.9 Å². The number of ether oxygens (including phenoxy) is 4. The van der Waals surface area contributed by atoms with Gasteiger partial charge in [-0.15, -0.1) is 0 Å². The first kappa shape index (κ1) is 39.0. The minimum Gasteiger partial charge on any atom is -0.496 e. The third kappa shape index (κ3) is 10.2. The molecule has 0 aliphatic heterocycles. The zero-order valence-corrected chi connectivity index (χ0v) is 31.1. The van der Waals surface area contributed by atoms with Gasteiger partial charge >= 0.3 is 0 Å². The Balaban J connectivity index is 1.27. The molecule has 1 atom stereocenters. The zero-order chi connectivity index (χ0) is 37.1. The lowest BCUT2D eigenvalue weighted by Crippen LogP contribution is -2.19. The zero-order valence-electron chi connectivity index (χ0n) is 31.1. The Labute approximate surface area is 300 Å². The van der Waals surface area contributed by atoms with Crippen LogP contribution in [0.2, 0.25) is 0 Å². The first-order valence-corrected chi connectivity index (χ1v) is 17.2. The van der Waals surface area contributed by atoms with Gasteiger partial charge in [-0.25, -0.2) is 4.98 Å². The van der Waals surface area contributed by atoms with Gasteiger partial charge in [0.2, 0.25) is 5.91 Å². The average molecular weight is 702 g/mol. The number of fused-ring (bicyclic) bond motifs is 1. The van der Waals surface area contributed by atoms with E-state index in [2.05, 4.69) is 15.6 Å². The van der Waals surface area contributed by atoms with E-state index in [-0.39, 0.29) is 42.0 Å². The molecule has 4 rings (SSSR count). The summed E-state index contributed by atoms with van der Waals surface area (Å²) in [5.41, 5.74) is 4.89. The molecule has 51 heavy (non-hydrogen) atoms. The van der Waals surface area contributed by atoms with Crippen LogP contribution in [0.1, 0.15) is 48.2 Å². The van der Waals surface area contributed by atoms with E-state index in [1.807, 2.05) is 70.1 Å². The van der Waals surface area contributed by atoms with Gasteiger partial charge in [0.05, 0.1) is 58.0 Å². The molecule has 4 aromatic rings. The molecular formula is C39H51N5O7. The SMILES string of the molecule is CCC(C)C(=O)c1cc(NCCOCCOCCC(=O)Nc2cc3c(=O)n(C)cc(-c4cc(OC)c(CN(C)C)c(OC)c4)c3cn2)ccc1C. The molecule has 2 heterocycles. The second-order valence-corrected chi connectivity index (χ2v) is 12.8. The summed E-state index contributed by atoms with van der Waals surface area (Å²) in [5, 5.41) is 7.13. The maximum absolute atomic E-state index is 13.2. The number of carbonyl (C=O) groups excluding carboxylic acids is 2. The topological polar surface area (TPSA) is 133 Å². The summed E-state index contributed by atoms with van der Waals surface area (Å²) in [4.78, 5) is 45.0. The molecule has 0 aliphatic rings. The molecule has 274 valence electrons. The number of amides is 1. The van der Waals surface area contributed by atoms with Crippen molar-refractivity contribution in [3.63, 3.8) is 0 Å². The number of hydrogen-bond acceptors (Lipinski definition) is 10. The third-order valence-corrected chi connectivity index (χ3v) is 8.71. The van der Waals surface area contributed by atoms with Gasteiger partial charge in [0.1, 0.15) is 17.3 Å². The number of ketones is 1. The van der Waals surface area contributed by atoms with Crippen LogP contribution in [0.5, 0.6) is 11.5 Å². The minimum absolute atomic E-state index is 0.00735. The van der Waals surface area contributed by atoms with Crippen molar-refractivity contribution < 1.29 is 28.5 Å². The molecular weight excluding hydrogens is 650 g/mol. The molecule has 2 aromatic carbocycles. The number of benzene rings is 2. The number of aryl methyl sites for hydroxylation is 2. The second kappa shape index (κ2) is 18.5. The van der Waals surface area contributed by atoms with E-state index in [0.29, 0.717) is 55.2 Å². The van der Waals surface area contributed by atoms with Crippen molar-refractivity contribution in [2.24, 2.45) is 13.0 Å².